The minimum Gasteiger partial charge on any atom is -0.345 e. The largest absolute Gasteiger partial charge is 0.345 e. The second-order valence-corrected chi connectivity index (χ2v) is 8.98. The summed E-state index contributed by atoms with van der Waals surface area (Å²) in [6, 6.07) is 13.6. The van der Waals surface area contributed by atoms with Crippen molar-refractivity contribution in [3.8, 4) is 10.7 Å². The number of nitrogens with one attached hydrogen (secondary N) is 1. The monoisotopic (exact) mass is 426 g/mol. The van der Waals surface area contributed by atoms with Crippen molar-refractivity contribution in [2.24, 2.45) is 0 Å². The van der Waals surface area contributed by atoms with Gasteiger partial charge in [0.05, 0.1) is 16.7 Å². The van der Waals surface area contributed by atoms with Crippen LogP contribution in [-0.4, -0.2) is 38.2 Å². The molecule has 29 heavy (non-hydrogen) atoms. The Kier molecular flexibility index (Phi) is 6.10. The van der Waals surface area contributed by atoms with Crippen LogP contribution in [0.5, 0.6) is 0 Å². The van der Waals surface area contributed by atoms with Crippen molar-refractivity contribution < 1.29 is 9.59 Å². The summed E-state index contributed by atoms with van der Waals surface area (Å²) < 4.78 is 2.15. The highest BCUT2D eigenvalue weighted by Crippen LogP contribution is 2.41. The summed E-state index contributed by atoms with van der Waals surface area (Å²) in [6.07, 6.45) is 2.71. The van der Waals surface area contributed by atoms with Crippen LogP contribution in [-0.2, 0) is 16.0 Å². The van der Waals surface area contributed by atoms with Gasteiger partial charge in [0.1, 0.15) is 0 Å². The second-order valence-electron chi connectivity index (χ2n) is 7.09. The van der Waals surface area contributed by atoms with Gasteiger partial charge >= 0.3 is 0 Å². The minimum atomic E-state index is -0.520. The lowest BCUT2D eigenvalue weighted by Crippen LogP contribution is -2.42. The summed E-state index contributed by atoms with van der Waals surface area (Å²) in [6.45, 7) is 1.51. The van der Waals surface area contributed by atoms with Crippen LogP contribution >= 0.6 is 23.1 Å². The molecule has 1 saturated carbocycles. The van der Waals surface area contributed by atoms with Gasteiger partial charge in [-0.15, -0.1) is 21.5 Å². The van der Waals surface area contributed by atoms with Gasteiger partial charge in [0.25, 0.3) is 0 Å². The van der Waals surface area contributed by atoms with E-state index in [1.165, 1.54) is 18.7 Å². The van der Waals surface area contributed by atoms with Gasteiger partial charge in [-0.1, -0.05) is 48.2 Å². The van der Waals surface area contributed by atoms with Crippen LogP contribution in [0.1, 0.15) is 31.4 Å². The number of ketones is 1. The van der Waals surface area contributed by atoms with Gasteiger partial charge < -0.3 is 5.32 Å². The third-order valence-corrected chi connectivity index (χ3v) is 6.57. The molecule has 1 unspecified atom stereocenters. The number of hydrogen-bond acceptors (Lipinski definition) is 6. The molecule has 0 saturated heterocycles. The average molecular weight is 427 g/mol. The molecular formula is C21H22N4O2S2. The highest BCUT2D eigenvalue weighted by molar-refractivity contribution is 7.99. The lowest BCUT2D eigenvalue weighted by atomic mass is 10.0. The maximum absolute atomic E-state index is 12.5. The van der Waals surface area contributed by atoms with E-state index in [2.05, 4.69) is 20.1 Å². The van der Waals surface area contributed by atoms with Crippen LogP contribution in [0.3, 0.4) is 0 Å². The van der Waals surface area contributed by atoms with Crippen molar-refractivity contribution >= 4 is 34.8 Å². The number of aromatic nitrogens is 3. The van der Waals surface area contributed by atoms with Crippen molar-refractivity contribution in [2.45, 2.75) is 43.4 Å². The molecule has 6 nitrogen and oxygen atoms in total. The molecule has 1 aliphatic rings. The lowest BCUT2D eigenvalue weighted by molar-refractivity contribution is -0.125. The fourth-order valence-electron chi connectivity index (χ4n) is 3.12. The molecule has 150 valence electrons. The molecular weight excluding hydrogens is 404 g/mol. The molecule has 8 heteroatoms. The van der Waals surface area contributed by atoms with E-state index < -0.39 is 6.04 Å². The molecule has 1 N–H and O–H groups in total. The Balaban J connectivity index is 1.40. The molecule has 0 spiro atoms. The Morgan fingerprint density at radius 2 is 2.00 bits per heavy atom. The molecule has 1 fully saturated rings. The molecule has 2 aromatic heterocycles. The maximum atomic E-state index is 12.5. The molecule has 0 aliphatic heterocycles. The zero-order valence-electron chi connectivity index (χ0n) is 16.1. The molecule has 2 heterocycles. The topological polar surface area (TPSA) is 76.9 Å². The maximum Gasteiger partial charge on any atom is 0.231 e. The number of rotatable bonds is 9. The van der Waals surface area contributed by atoms with Crippen LogP contribution in [0.4, 0.5) is 0 Å². The first-order chi connectivity index (χ1) is 14.1. The molecule has 0 radical (unpaired) electrons. The Bertz CT molecular complexity index is 982. The molecule has 4 rings (SSSR count). The Hall–Kier alpha value is -2.45. The van der Waals surface area contributed by atoms with E-state index in [1.54, 1.807) is 11.3 Å². The van der Waals surface area contributed by atoms with Gasteiger partial charge in [-0.05, 0) is 43.2 Å². The standard InChI is InChI=1S/C21H22N4O2S2/c1-14(26)17(12-15-6-3-2-4-7-15)22-19(27)13-29-21-24-23-20(18-8-5-11-28-18)25(21)16-9-10-16/h2-8,11,16-17H,9-10,12-13H2,1H3,(H,22,27). The predicted octanol–water partition coefficient (Wildman–Crippen LogP) is 3.75. The second kappa shape index (κ2) is 8.92. The fourth-order valence-corrected chi connectivity index (χ4v) is 4.65. The van der Waals surface area contributed by atoms with Crippen molar-refractivity contribution in [1.29, 1.82) is 0 Å². The summed E-state index contributed by atoms with van der Waals surface area (Å²) in [5.74, 6) is 0.854. The first-order valence-electron chi connectivity index (χ1n) is 9.57. The predicted molar refractivity (Wildman–Crippen MR) is 115 cm³/mol. The van der Waals surface area contributed by atoms with Gasteiger partial charge in [0, 0.05) is 6.04 Å². The van der Waals surface area contributed by atoms with Crippen LogP contribution in [0.2, 0.25) is 0 Å². The van der Waals surface area contributed by atoms with Gasteiger partial charge in [0.2, 0.25) is 5.91 Å². The van der Waals surface area contributed by atoms with Gasteiger partial charge in [-0.25, -0.2) is 0 Å². The normalized spacial score (nSPS) is 14.5. The van der Waals surface area contributed by atoms with Crippen molar-refractivity contribution in [1.82, 2.24) is 20.1 Å². The van der Waals surface area contributed by atoms with E-state index in [9.17, 15) is 9.59 Å². The Morgan fingerprint density at radius 3 is 2.66 bits per heavy atom. The number of nitrogens with zero attached hydrogens (tertiary/aromatic N) is 3. The summed E-state index contributed by atoms with van der Waals surface area (Å²) in [5.41, 5.74) is 1.02. The highest BCUT2D eigenvalue weighted by Gasteiger charge is 2.30. The zero-order valence-corrected chi connectivity index (χ0v) is 17.7. The lowest BCUT2D eigenvalue weighted by Gasteiger charge is -2.16. The molecule has 3 aromatic rings. The van der Waals surface area contributed by atoms with Crippen molar-refractivity contribution in [3.05, 3.63) is 53.4 Å². The Morgan fingerprint density at radius 1 is 1.21 bits per heavy atom. The van der Waals surface area contributed by atoms with Crippen LogP contribution in [0.15, 0.2) is 53.0 Å². The van der Waals surface area contributed by atoms with E-state index in [4.69, 9.17) is 0 Å². The number of carbonyl (C=O) groups is 2. The molecule has 0 bridgehead atoms. The van der Waals surface area contributed by atoms with E-state index in [1.807, 2.05) is 47.8 Å². The average Bonchev–Trinajstić information content (AvgIpc) is 3.24. The number of carbonyl (C=O) groups excluding carboxylic acids is 2. The molecule has 1 aliphatic carbocycles. The summed E-state index contributed by atoms with van der Waals surface area (Å²) in [4.78, 5) is 25.6. The van der Waals surface area contributed by atoms with E-state index in [0.717, 1.165) is 34.3 Å². The number of thioether (sulfide) groups is 1. The molecule has 1 aromatic carbocycles. The van der Waals surface area contributed by atoms with Crippen LogP contribution in [0, 0.1) is 0 Å². The van der Waals surface area contributed by atoms with Gasteiger partial charge in [0.15, 0.2) is 16.8 Å². The number of thiophene rings is 1. The van der Waals surface area contributed by atoms with Gasteiger partial charge in [-0.3, -0.25) is 14.2 Å². The molecule has 1 amide bonds. The number of amides is 1. The smallest absolute Gasteiger partial charge is 0.231 e. The quantitative estimate of drug-likeness (QED) is 0.527. The summed E-state index contributed by atoms with van der Waals surface area (Å²) in [7, 11) is 0. The van der Waals surface area contributed by atoms with E-state index in [-0.39, 0.29) is 17.4 Å². The fraction of sp³-hybridized carbons (Fsp3) is 0.333. The van der Waals surface area contributed by atoms with Gasteiger partial charge in [-0.2, -0.15) is 0 Å². The first-order valence-corrected chi connectivity index (χ1v) is 11.4. The first kappa shape index (κ1) is 19.8. The summed E-state index contributed by atoms with van der Waals surface area (Å²) in [5, 5.41) is 14.3. The number of Topliss-reactive ketones (excluding diaryl/α,β-unsaturated/α-hetero) is 1. The minimum absolute atomic E-state index is 0.0478. The third kappa shape index (κ3) is 4.94. The van der Waals surface area contributed by atoms with Crippen LogP contribution in [0.25, 0.3) is 10.7 Å². The highest BCUT2D eigenvalue weighted by atomic mass is 32.2. The van der Waals surface area contributed by atoms with E-state index in [0.29, 0.717) is 12.5 Å². The Labute approximate surface area is 177 Å². The van der Waals surface area contributed by atoms with Crippen LogP contribution < -0.4 is 5.32 Å². The molecule has 1 atom stereocenters. The summed E-state index contributed by atoms with van der Waals surface area (Å²) >= 11 is 3.01. The van der Waals surface area contributed by atoms with Crippen molar-refractivity contribution in [3.63, 3.8) is 0 Å². The zero-order chi connectivity index (χ0) is 20.2. The number of hydrogen-bond donors (Lipinski definition) is 1. The number of benzene rings is 1. The SMILES string of the molecule is CC(=O)C(Cc1ccccc1)NC(=O)CSc1nnc(-c2cccs2)n1C1CC1. The third-order valence-electron chi connectivity index (χ3n) is 4.76. The van der Waals surface area contributed by atoms with E-state index >= 15 is 0 Å². The van der Waals surface area contributed by atoms with Crippen molar-refractivity contribution in [2.75, 3.05) is 5.75 Å².